The monoisotopic (exact) mass is 753 g/mol. The van der Waals surface area contributed by atoms with E-state index in [-0.39, 0.29) is 5.41 Å². The van der Waals surface area contributed by atoms with Crippen LogP contribution >= 0.6 is 0 Å². The van der Waals surface area contributed by atoms with E-state index in [1.54, 1.807) is 0 Å². The second-order valence-electron chi connectivity index (χ2n) is 16.4. The maximum Gasteiger partial charge on any atom is 0.137 e. The lowest BCUT2D eigenvalue weighted by molar-refractivity contribution is 0.660. The molecule has 2 nitrogen and oxygen atoms in total. The van der Waals surface area contributed by atoms with Crippen molar-refractivity contribution in [3.63, 3.8) is 0 Å². The predicted octanol–water partition coefficient (Wildman–Crippen LogP) is 16.2. The number of hydrogen-bond acceptors (Lipinski definition) is 2. The van der Waals surface area contributed by atoms with E-state index in [2.05, 4.69) is 213 Å². The zero-order valence-corrected chi connectivity index (χ0v) is 32.9. The van der Waals surface area contributed by atoms with Gasteiger partial charge in [-0.3, -0.25) is 0 Å². The lowest BCUT2D eigenvalue weighted by Crippen LogP contribution is -2.17. The lowest BCUT2D eigenvalue weighted by atomic mass is 9.82. The van der Waals surface area contributed by atoms with Gasteiger partial charge in [0.1, 0.15) is 11.2 Å². The van der Waals surface area contributed by atoms with Crippen molar-refractivity contribution in [2.24, 2.45) is 0 Å². The van der Waals surface area contributed by atoms with Crippen LogP contribution in [-0.2, 0) is 5.41 Å². The van der Waals surface area contributed by atoms with Crippen molar-refractivity contribution in [1.82, 2.24) is 0 Å². The molecule has 0 atom stereocenters. The molecule has 12 rings (SSSR count). The van der Waals surface area contributed by atoms with Crippen molar-refractivity contribution in [1.29, 1.82) is 0 Å². The molecule has 2 heteroatoms. The number of nitrogens with zero attached hydrogens (tertiary/aromatic N) is 1. The molecule has 0 saturated heterocycles. The van der Waals surface area contributed by atoms with Gasteiger partial charge >= 0.3 is 0 Å². The number of para-hydroxylation sites is 1. The number of hydrogen-bond donors (Lipinski definition) is 0. The largest absolute Gasteiger partial charge is 0.456 e. The molecular weight excluding hydrogens is 715 g/mol. The number of fused-ring (bicyclic) bond motifs is 12. The van der Waals surface area contributed by atoms with E-state index >= 15 is 0 Å². The minimum absolute atomic E-state index is 0.169. The zero-order valence-electron chi connectivity index (χ0n) is 32.9. The van der Waals surface area contributed by atoms with Crippen LogP contribution in [-0.4, -0.2) is 0 Å². The molecule has 0 N–H and O–H groups in total. The first-order valence-electron chi connectivity index (χ1n) is 20.5. The Kier molecular flexibility index (Phi) is 7.31. The molecule has 0 aliphatic heterocycles. The van der Waals surface area contributed by atoms with Gasteiger partial charge in [0.25, 0.3) is 0 Å². The molecule has 1 aromatic heterocycles. The van der Waals surface area contributed by atoms with Gasteiger partial charge in [-0.1, -0.05) is 166 Å². The van der Waals surface area contributed by atoms with E-state index in [4.69, 9.17) is 4.42 Å². The third kappa shape index (κ3) is 5.06. The molecule has 278 valence electrons. The maximum absolute atomic E-state index is 6.61. The Morgan fingerprint density at radius 3 is 1.61 bits per heavy atom. The van der Waals surface area contributed by atoms with Crippen LogP contribution in [0, 0.1) is 0 Å². The first-order chi connectivity index (χ1) is 29.0. The zero-order chi connectivity index (χ0) is 39.2. The summed E-state index contributed by atoms with van der Waals surface area (Å²) in [6.07, 6.45) is 0. The second-order valence-corrected chi connectivity index (χ2v) is 16.4. The Bertz CT molecular complexity index is 3480. The molecule has 0 radical (unpaired) electrons. The Morgan fingerprint density at radius 1 is 0.339 bits per heavy atom. The first-order valence-corrected chi connectivity index (χ1v) is 20.5. The van der Waals surface area contributed by atoms with Gasteiger partial charge in [-0.2, -0.15) is 0 Å². The number of benzene rings is 10. The summed E-state index contributed by atoms with van der Waals surface area (Å²) in [5.41, 5.74) is 14.8. The average Bonchev–Trinajstić information content (AvgIpc) is 3.78. The summed E-state index contributed by atoms with van der Waals surface area (Å²) < 4.78 is 6.61. The maximum atomic E-state index is 6.61. The Balaban J connectivity index is 1.22. The average molecular weight is 754 g/mol. The van der Waals surface area contributed by atoms with Gasteiger partial charge in [-0.05, 0) is 114 Å². The molecule has 59 heavy (non-hydrogen) atoms. The van der Waals surface area contributed by atoms with Gasteiger partial charge in [0.2, 0.25) is 0 Å². The molecule has 1 aliphatic rings. The molecule has 1 heterocycles. The SMILES string of the molecule is CC1(C)c2ccccc2-c2ccc(N(c3ccc4c(c3)oc3ccccc34)c3cc4c5ccccc5c5ccccc5c4cc3-c3ccccc3-c3ccccc3)cc21. The highest BCUT2D eigenvalue weighted by Crippen LogP contribution is 2.53. The summed E-state index contributed by atoms with van der Waals surface area (Å²) in [5.74, 6) is 0. The highest BCUT2D eigenvalue weighted by molar-refractivity contribution is 6.27. The molecule has 0 amide bonds. The predicted molar refractivity (Wildman–Crippen MR) is 249 cm³/mol. The van der Waals surface area contributed by atoms with Gasteiger partial charge < -0.3 is 9.32 Å². The topological polar surface area (TPSA) is 16.4 Å². The summed E-state index contributed by atoms with van der Waals surface area (Å²) in [6, 6.07) is 73.4. The minimum Gasteiger partial charge on any atom is -0.456 e. The van der Waals surface area contributed by atoms with Gasteiger partial charge in [-0.15, -0.1) is 0 Å². The van der Waals surface area contributed by atoms with E-state index in [0.717, 1.165) is 44.6 Å². The summed E-state index contributed by atoms with van der Waals surface area (Å²) in [4.78, 5) is 2.48. The van der Waals surface area contributed by atoms with Crippen LogP contribution in [0.1, 0.15) is 25.0 Å². The van der Waals surface area contributed by atoms with Crippen molar-refractivity contribution in [2.45, 2.75) is 19.3 Å². The van der Waals surface area contributed by atoms with Crippen molar-refractivity contribution in [3.05, 3.63) is 211 Å². The Labute approximate surface area is 343 Å². The van der Waals surface area contributed by atoms with Crippen LogP contribution in [0.25, 0.3) is 87.6 Å². The molecule has 11 aromatic rings. The fourth-order valence-electron chi connectivity index (χ4n) is 10.0. The molecule has 0 bridgehead atoms. The van der Waals surface area contributed by atoms with Crippen LogP contribution in [0.4, 0.5) is 17.1 Å². The molecule has 0 fully saturated rings. The third-order valence-corrected chi connectivity index (χ3v) is 12.8. The fraction of sp³-hybridized carbons (Fsp3) is 0.0526. The standard InChI is InChI=1S/C57H39NO/c1-57(2)52-26-14-12-24-45(52)46-30-28-37(32-53(46)57)58(38-29-31-48-47-25-13-15-27-55(47)59-56(48)33-38)54-35-50-44-23-11-9-21-42(44)41-20-8-10-22-43(41)49(50)34-51(54)40-19-7-6-18-39(40)36-16-4-3-5-17-36/h3-35H,1-2H3. The Morgan fingerprint density at radius 2 is 0.864 bits per heavy atom. The Hall–Kier alpha value is -7.42. The number of rotatable bonds is 5. The van der Waals surface area contributed by atoms with E-state index in [1.807, 2.05) is 6.07 Å². The minimum atomic E-state index is -0.169. The van der Waals surface area contributed by atoms with Crippen molar-refractivity contribution >= 4 is 71.3 Å². The smallest absolute Gasteiger partial charge is 0.137 e. The van der Waals surface area contributed by atoms with Crippen molar-refractivity contribution in [2.75, 3.05) is 4.90 Å². The normalized spacial score (nSPS) is 13.1. The van der Waals surface area contributed by atoms with E-state index < -0.39 is 0 Å². The van der Waals surface area contributed by atoms with Crippen molar-refractivity contribution < 1.29 is 4.42 Å². The fourth-order valence-corrected chi connectivity index (χ4v) is 10.0. The summed E-state index contributed by atoms with van der Waals surface area (Å²) in [7, 11) is 0. The van der Waals surface area contributed by atoms with Crippen LogP contribution in [0.5, 0.6) is 0 Å². The third-order valence-electron chi connectivity index (χ3n) is 12.8. The second kappa shape index (κ2) is 12.8. The molecule has 10 aromatic carbocycles. The lowest BCUT2D eigenvalue weighted by Gasteiger charge is -2.31. The summed E-state index contributed by atoms with van der Waals surface area (Å²) >= 11 is 0. The molecule has 0 saturated carbocycles. The first kappa shape index (κ1) is 33.7. The number of furan rings is 1. The van der Waals surface area contributed by atoms with Gasteiger partial charge in [0, 0.05) is 39.2 Å². The molecule has 0 spiro atoms. The molecular formula is C57H39NO. The van der Waals surface area contributed by atoms with E-state index in [1.165, 1.54) is 71.3 Å². The van der Waals surface area contributed by atoms with Crippen LogP contribution in [0.2, 0.25) is 0 Å². The van der Waals surface area contributed by atoms with E-state index in [9.17, 15) is 0 Å². The van der Waals surface area contributed by atoms with Crippen LogP contribution in [0.15, 0.2) is 205 Å². The van der Waals surface area contributed by atoms with Crippen LogP contribution in [0.3, 0.4) is 0 Å². The van der Waals surface area contributed by atoms with Crippen molar-refractivity contribution in [3.8, 4) is 33.4 Å². The molecule has 1 aliphatic carbocycles. The quantitative estimate of drug-likeness (QED) is 0.163. The van der Waals surface area contributed by atoms with Gasteiger partial charge in [-0.25, -0.2) is 0 Å². The van der Waals surface area contributed by atoms with Gasteiger partial charge in [0.15, 0.2) is 0 Å². The summed E-state index contributed by atoms with van der Waals surface area (Å²) in [5, 5.41) is 9.70. The summed E-state index contributed by atoms with van der Waals surface area (Å²) in [6.45, 7) is 4.72. The highest BCUT2D eigenvalue weighted by atomic mass is 16.3. The molecule has 0 unspecified atom stereocenters. The van der Waals surface area contributed by atoms with Crippen LogP contribution < -0.4 is 4.90 Å². The number of anilines is 3. The highest BCUT2D eigenvalue weighted by Gasteiger charge is 2.36. The van der Waals surface area contributed by atoms with Gasteiger partial charge in [0.05, 0.1) is 5.69 Å². The van der Waals surface area contributed by atoms with E-state index in [0.29, 0.717) is 0 Å².